The van der Waals surface area contributed by atoms with Crippen molar-refractivity contribution in [1.29, 1.82) is 0 Å². The molecule has 104 valence electrons. The lowest BCUT2D eigenvalue weighted by Crippen LogP contribution is -2.34. The van der Waals surface area contributed by atoms with E-state index < -0.39 is 0 Å². The predicted octanol–water partition coefficient (Wildman–Crippen LogP) is 1.51. The summed E-state index contributed by atoms with van der Waals surface area (Å²) in [4.78, 5) is 18.5. The zero-order valence-corrected chi connectivity index (χ0v) is 11.3. The molecule has 6 nitrogen and oxygen atoms in total. The molecular formula is C13H20N4O2. The Morgan fingerprint density at radius 2 is 2.32 bits per heavy atom. The normalized spacial score (nSPS) is 22.7. The molecule has 1 atom stereocenters. The van der Waals surface area contributed by atoms with Crippen molar-refractivity contribution in [1.82, 2.24) is 20.4 Å². The van der Waals surface area contributed by atoms with Gasteiger partial charge in [-0.15, -0.1) is 0 Å². The molecule has 2 heterocycles. The Bertz CT molecular complexity index is 449. The maximum Gasteiger partial charge on any atom is 0.295 e. The standard InChI is InChI=1S/C13H20N4O2/c1-2-8-17(9-5-6-9)13(18)11-15-12(19-16-11)10-4-3-7-14-10/h9-10,14H,2-8H2,1H3. The molecule has 1 aromatic rings. The van der Waals surface area contributed by atoms with E-state index in [9.17, 15) is 4.79 Å². The Kier molecular flexibility index (Phi) is 3.50. The molecule has 1 saturated carbocycles. The molecule has 0 radical (unpaired) electrons. The summed E-state index contributed by atoms with van der Waals surface area (Å²) in [6, 6.07) is 0.508. The SMILES string of the molecule is CCCN(C(=O)c1noc(C2CCCN2)n1)C1CC1. The minimum Gasteiger partial charge on any atom is -0.337 e. The molecule has 0 spiro atoms. The number of carbonyl (C=O) groups excluding carboxylic acids is 1. The lowest BCUT2D eigenvalue weighted by Gasteiger charge is -2.19. The highest BCUT2D eigenvalue weighted by molar-refractivity contribution is 5.90. The zero-order chi connectivity index (χ0) is 13.2. The fraction of sp³-hybridized carbons (Fsp3) is 0.769. The molecule has 1 aliphatic heterocycles. The summed E-state index contributed by atoms with van der Waals surface area (Å²) in [7, 11) is 0. The molecule has 0 bridgehead atoms. The highest BCUT2D eigenvalue weighted by Crippen LogP contribution is 2.28. The van der Waals surface area contributed by atoms with Gasteiger partial charge in [0.1, 0.15) is 0 Å². The average Bonchev–Trinajstić information content (AvgIpc) is 2.95. The summed E-state index contributed by atoms with van der Waals surface area (Å²) in [5.41, 5.74) is 0. The fourth-order valence-electron chi connectivity index (χ4n) is 2.56. The second-order valence-electron chi connectivity index (χ2n) is 5.33. The molecule has 1 amide bonds. The van der Waals surface area contributed by atoms with Crippen LogP contribution in [0.5, 0.6) is 0 Å². The molecule has 2 fully saturated rings. The van der Waals surface area contributed by atoms with Crippen LogP contribution in [0.25, 0.3) is 0 Å². The summed E-state index contributed by atoms with van der Waals surface area (Å²) in [5, 5.41) is 7.15. The van der Waals surface area contributed by atoms with Gasteiger partial charge in [0, 0.05) is 12.6 Å². The van der Waals surface area contributed by atoms with E-state index in [-0.39, 0.29) is 17.8 Å². The Morgan fingerprint density at radius 1 is 1.47 bits per heavy atom. The van der Waals surface area contributed by atoms with Crippen LogP contribution in [0, 0.1) is 0 Å². The van der Waals surface area contributed by atoms with Gasteiger partial charge in [0.25, 0.3) is 11.7 Å². The Hall–Kier alpha value is -1.43. The largest absolute Gasteiger partial charge is 0.337 e. The van der Waals surface area contributed by atoms with Crippen molar-refractivity contribution >= 4 is 5.91 Å². The van der Waals surface area contributed by atoms with Crippen molar-refractivity contribution in [2.75, 3.05) is 13.1 Å². The molecule has 1 N–H and O–H groups in total. The van der Waals surface area contributed by atoms with Crippen LogP contribution < -0.4 is 5.32 Å². The van der Waals surface area contributed by atoms with Crippen LogP contribution in [0.3, 0.4) is 0 Å². The number of nitrogens with zero attached hydrogens (tertiary/aromatic N) is 3. The first kappa shape index (κ1) is 12.6. The van der Waals surface area contributed by atoms with Crippen LogP contribution in [0.4, 0.5) is 0 Å². The molecule has 1 aliphatic carbocycles. The molecule has 1 unspecified atom stereocenters. The monoisotopic (exact) mass is 264 g/mol. The molecule has 6 heteroatoms. The lowest BCUT2D eigenvalue weighted by molar-refractivity contribution is 0.0727. The van der Waals surface area contributed by atoms with E-state index in [0.29, 0.717) is 11.9 Å². The molecule has 19 heavy (non-hydrogen) atoms. The van der Waals surface area contributed by atoms with E-state index in [0.717, 1.165) is 45.2 Å². The van der Waals surface area contributed by atoms with Crippen LogP contribution in [0.1, 0.15) is 61.6 Å². The zero-order valence-electron chi connectivity index (χ0n) is 11.3. The van der Waals surface area contributed by atoms with Gasteiger partial charge < -0.3 is 14.7 Å². The fourth-order valence-corrected chi connectivity index (χ4v) is 2.56. The van der Waals surface area contributed by atoms with E-state index in [1.54, 1.807) is 0 Å². The minimum absolute atomic E-state index is 0.0858. The summed E-state index contributed by atoms with van der Waals surface area (Å²) in [6.45, 7) is 3.82. The van der Waals surface area contributed by atoms with Crippen LogP contribution in [0.15, 0.2) is 4.52 Å². The first-order valence-corrected chi connectivity index (χ1v) is 7.17. The van der Waals surface area contributed by atoms with Crippen LogP contribution in [-0.4, -0.2) is 40.1 Å². The number of rotatable bonds is 5. The lowest BCUT2D eigenvalue weighted by atomic mass is 10.2. The second kappa shape index (κ2) is 5.28. The summed E-state index contributed by atoms with van der Waals surface area (Å²) in [6.07, 6.45) is 5.26. The van der Waals surface area contributed by atoms with Gasteiger partial charge in [0.05, 0.1) is 6.04 Å². The van der Waals surface area contributed by atoms with Crippen molar-refractivity contribution in [2.24, 2.45) is 0 Å². The first-order chi connectivity index (χ1) is 9.29. The van der Waals surface area contributed by atoms with Crippen LogP contribution >= 0.6 is 0 Å². The average molecular weight is 264 g/mol. The van der Waals surface area contributed by atoms with Crippen molar-refractivity contribution in [3.63, 3.8) is 0 Å². The summed E-state index contributed by atoms with van der Waals surface area (Å²) >= 11 is 0. The van der Waals surface area contributed by atoms with Gasteiger partial charge in [0.2, 0.25) is 5.89 Å². The number of amides is 1. The van der Waals surface area contributed by atoms with Crippen molar-refractivity contribution < 1.29 is 9.32 Å². The van der Waals surface area contributed by atoms with E-state index in [4.69, 9.17) is 4.52 Å². The van der Waals surface area contributed by atoms with E-state index in [1.165, 1.54) is 0 Å². The van der Waals surface area contributed by atoms with Gasteiger partial charge in [-0.3, -0.25) is 4.79 Å². The van der Waals surface area contributed by atoms with Crippen LogP contribution in [-0.2, 0) is 0 Å². The third-order valence-corrected chi connectivity index (χ3v) is 3.70. The van der Waals surface area contributed by atoms with Gasteiger partial charge in [0.15, 0.2) is 0 Å². The third kappa shape index (κ3) is 2.63. The molecular weight excluding hydrogens is 244 g/mol. The molecule has 1 saturated heterocycles. The Labute approximate surface area is 112 Å². The molecule has 2 aliphatic rings. The smallest absolute Gasteiger partial charge is 0.295 e. The molecule has 0 aromatic carbocycles. The highest BCUT2D eigenvalue weighted by atomic mass is 16.5. The second-order valence-corrected chi connectivity index (χ2v) is 5.33. The van der Waals surface area contributed by atoms with Gasteiger partial charge in [-0.05, 0) is 38.6 Å². The van der Waals surface area contributed by atoms with Gasteiger partial charge >= 0.3 is 0 Å². The third-order valence-electron chi connectivity index (χ3n) is 3.70. The van der Waals surface area contributed by atoms with Crippen LogP contribution in [0.2, 0.25) is 0 Å². The van der Waals surface area contributed by atoms with Gasteiger partial charge in [-0.2, -0.15) is 4.98 Å². The quantitative estimate of drug-likeness (QED) is 0.872. The first-order valence-electron chi connectivity index (χ1n) is 7.17. The van der Waals surface area contributed by atoms with E-state index >= 15 is 0 Å². The van der Waals surface area contributed by atoms with Crippen molar-refractivity contribution in [3.8, 4) is 0 Å². The number of hydrogen-bond donors (Lipinski definition) is 1. The van der Waals surface area contributed by atoms with Crippen molar-refractivity contribution in [3.05, 3.63) is 11.7 Å². The molecule has 3 rings (SSSR count). The topological polar surface area (TPSA) is 71.3 Å². The van der Waals surface area contributed by atoms with Gasteiger partial charge in [-0.25, -0.2) is 0 Å². The molecule has 1 aromatic heterocycles. The van der Waals surface area contributed by atoms with E-state index in [2.05, 4.69) is 22.4 Å². The number of hydrogen-bond acceptors (Lipinski definition) is 5. The maximum absolute atomic E-state index is 12.4. The van der Waals surface area contributed by atoms with Crippen molar-refractivity contribution in [2.45, 2.75) is 51.1 Å². The highest BCUT2D eigenvalue weighted by Gasteiger charge is 2.35. The summed E-state index contributed by atoms with van der Waals surface area (Å²) < 4.78 is 5.23. The maximum atomic E-state index is 12.4. The van der Waals surface area contributed by atoms with E-state index in [1.807, 2.05) is 4.90 Å². The Balaban J connectivity index is 1.71. The number of aromatic nitrogens is 2. The number of nitrogens with one attached hydrogen (secondary N) is 1. The Morgan fingerprint density at radius 3 is 2.95 bits per heavy atom. The minimum atomic E-state index is -0.0858. The van der Waals surface area contributed by atoms with Gasteiger partial charge in [-0.1, -0.05) is 12.1 Å². The predicted molar refractivity (Wildman–Crippen MR) is 68.6 cm³/mol. The number of carbonyl (C=O) groups is 1. The summed E-state index contributed by atoms with van der Waals surface area (Å²) in [5.74, 6) is 0.675.